The van der Waals surface area contributed by atoms with Crippen LogP contribution in [0.3, 0.4) is 0 Å². The van der Waals surface area contributed by atoms with Gasteiger partial charge in [0, 0.05) is 24.2 Å². The molecule has 0 atom stereocenters. The van der Waals surface area contributed by atoms with Crippen LogP contribution in [0.15, 0.2) is 33.9 Å². The fourth-order valence-corrected chi connectivity index (χ4v) is 1.03. The van der Waals surface area contributed by atoms with E-state index in [-0.39, 0.29) is 5.56 Å². The van der Waals surface area contributed by atoms with Gasteiger partial charge in [0.2, 0.25) is 0 Å². The molecule has 0 saturated heterocycles. The average Bonchev–Trinajstić information content (AvgIpc) is 2.61. The Kier molecular flexibility index (Phi) is 1.91. The van der Waals surface area contributed by atoms with Gasteiger partial charge >= 0.3 is 0 Å². The van der Waals surface area contributed by atoms with Gasteiger partial charge < -0.3 is 4.52 Å². The summed E-state index contributed by atoms with van der Waals surface area (Å²) in [7, 11) is 0. The minimum atomic E-state index is -0.189. The second kappa shape index (κ2) is 3.22. The van der Waals surface area contributed by atoms with Gasteiger partial charge in [-0.25, -0.2) is 5.10 Å². The van der Waals surface area contributed by atoms with Crippen LogP contribution in [0.25, 0.3) is 0 Å². The van der Waals surface area contributed by atoms with Crippen molar-refractivity contribution in [3.63, 3.8) is 0 Å². The Morgan fingerprint density at radius 3 is 3.08 bits per heavy atom. The van der Waals surface area contributed by atoms with Crippen molar-refractivity contribution in [1.82, 2.24) is 15.4 Å². The van der Waals surface area contributed by atoms with E-state index in [1.165, 1.54) is 12.5 Å². The Morgan fingerprint density at radius 2 is 2.38 bits per heavy atom. The van der Waals surface area contributed by atoms with Crippen molar-refractivity contribution < 1.29 is 4.52 Å². The summed E-state index contributed by atoms with van der Waals surface area (Å²) in [5.74, 6) is 0. The topological polar surface area (TPSA) is 71.8 Å². The van der Waals surface area contributed by atoms with Gasteiger partial charge in [-0.15, -0.1) is 0 Å². The molecule has 13 heavy (non-hydrogen) atoms. The molecule has 0 aliphatic carbocycles. The third-order valence-electron chi connectivity index (χ3n) is 1.67. The van der Waals surface area contributed by atoms with Crippen LogP contribution in [-0.2, 0) is 6.42 Å². The lowest BCUT2D eigenvalue weighted by molar-refractivity contribution is 0.413. The second-order valence-electron chi connectivity index (χ2n) is 2.58. The molecule has 1 N–H and O–H groups in total. The zero-order chi connectivity index (χ0) is 9.10. The summed E-state index contributed by atoms with van der Waals surface area (Å²) in [6, 6.07) is 3.38. The monoisotopic (exact) mass is 177 g/mol. The summed E-state index contributed by atoms with van der Waals surface area (Å²) in [6.07, 6.45) is 3.48. The molecule has 66 valence electrons. The van der Waals surface area contributed by atoms with Crippen LogP contribution < -0.4 is 5.56 Å². The average molecular weight is 177 g/mol. The number of nitrogens with one attached hydrogen (secondary N) is 1. The van der Waals surface area contributed by atoms with Crippen LogP contribution in [0, 0.1) is 0 Å². The normalized spacial score (nSPS) is 10.2. The number of H-pyrrole nitrogens is 1. The van der Waals surface area contributed by atoms with E-state index in [4.69, 9.17) is 0 Å². The Balaban J connectivity index is 2.29. The van der Waals surface area contributed by atoms with Gasteiger partial charge in [0.15, 0.2) is 0 Å². The zero-order valence-corrected chi connectivity index (χ0v) is 6.73. The van der Waals surface area contributed by atoms with Crippen molar-refractivity contribution in [2.24, 2.45) is 0 Å². The van der Waals surface area contributed by atoms with E-state index in [0.717, 1.165) is 5.69 Å². The molecule has 2 heterocycles. The van der Waals surface area contributed by atoms with E-state index in [9.17, 15) is 4.79 Å². The minimum Gasteiger partial charge on any atom is -0.365 e. The van der Waals surface area contributed by atoms with Crippen molar-refractivity contribution in [3.8, 4) is 0 Å². The highest BCUT2D eigenvalue weighted by molar-refractivity contribution is 5.14. The molecular formula is C8H7N3O2. The van der Waals surface area contributed by atoms with E-state index in [1.54, 1.807) is 12.1 Å². The molecule has 2 rings (SSSR count). The Bertz CT molecular complexity index is 433. The quantitative estimate of drug-likeness (QED) is 0.718. The van der Waals surface area contributed by atoms with Crippen LogP contribution in [0.1, 0.15) is 11.3 Å². The highest BCUT2D eigenvalue weighted by Gasteiger charge is 2.02. The fourth-order valence-electron chi connectivity index (χ4n) is 1.03. The number of nitrogens with zero attached hydrogens (tertiary/aromatic N) is 2. The fraction of sp³-hybridized carbons (Fsp3) is 0.125. The van der Waals surface area contributed by atoms with E-state index in [2.05, 4.69) is 19.9 Å². The number of aromatic amines is 1. The highest BCUT2D eigenvalue weighted by Crippen LogP contribution is 2.00. The molecule has 2 aromatic heterocycles. The van der Waals surface area contributed by atoms with E-state index < -0.39 is 0 Å². The van der Waals surface area contributed by atoms with Gasteiger partial charge in [-0.1, -0.05) is 5.16 Å². The molecule has 5 heteroatoms. The molecule has 0 radical (unpaired) electrons. The Labute approximate surface area is 73.4 Å². The molecule has 0 unspecified atom stereocenters. The maximum atomic E-state index is 11.2. The number of rotatable bonds is 2. The summed E-state index contributed by atoms with van der Waals surface area (Å²) in [5.41, 5.74) is 1.17. The third kappa shape index (κ3) is 1.64. The maximum absolute atomic E-state index is 11.2. The van der Waals surface area contributed by atoms with Crippen molar-refractivity contribution in [2.75, 3.05) is 0 Å². The SMILES string of the molecule is O=c1[nH]nccc1Cc1ccon1. The maximum Gasteiger partial charge on any atom is 0.267 e. The Hall–Kier alpha value is -1.91. The number of aromatic nitrogens is 3. The van der Waals surface area contributed by atoms with Crippen LogP contribution in [0.4, 0.5) is 0 Å². The minimum absolute atomic E-state index is 0.189. The van der Waals surface area contributed by atoms with Crippen LogP contribution in [-0.4, -0.2) is 15.4 Å². The largest absolute Gasteiger partial charge is 0.365 e. The van der Waals surface area contributed by atoms with Gasteiger partial charge in [0.25, 0.3) is 5.56 Å². The van der Waals surface area contributed by atoms with Crippen molar-refractivity contribution in [1.29, 1.82) is 0 Å². The summed E-state index contributed by atoms with van der Waals surface area (Å²) in [4.78, 5) is 11.2. The van der Waals surface area contributed by atoms with Gasteiger partial charge in [0.1, 0.15) is 6.26 Å². The predicted molar refractivity (Wildman–Crippen MR) is 44.2 cm³/mol. The molecule has 0 amide bonds. The first-order valence-corrected chi connectivity index (χ1v) is 3.78. The zero-order valence-electron chi connectivity index (χ0n) is 6.73. The molecular weight excluding hydrogens is 170 g/mol. The van der Waals surface area contributed by atoms with Crippen molar-refractivity contribution in [2.45, 2.75) is 6.42 Å². The first kappa shape index (κ1) is 7.72. The van der Waals surface area contributed by atoms with E-state index in [0.29, 0.717) is 12.0 Å². The van der Waals surface area contributed by atoms with Gasteiger partial charge in [-0.05, 0) is 6.07 Å². The third-order valence-corrected chi connectivity index (χ3v) is 1.67. The van der Waals surface area contributed by atoms with Crippen LogP contribution in [0.5, 0.6) is 0 Å². The molecule has 2 aromatic rings. The first-order chi connectivity index (χ1) is 6.36. The van der Waals surface area contributed by atoms with Gasteiger partial charge in [-0.3, -0.25) is 4.79 Å². The molecule has 5 nitrogen and oxygen atoms in total. The lowest BCUT2D eigenvalue weighted by Crippen LogP contribution is -2.13. The standard InChI is InChI=1S/C8H7N3O2/c12-8-6(1-3-9-10-8)5-7-2-4-13-11-7/h1-4H,5H2,(H,10,12). The molecule has 0 aliphatic heterocycles. The lowest BCUT2D eigenvalue weighted by Gasteiger charge is -1.93. The predicted octanol–water partition coefficient (Wildman–Crippen LogP) is 0.349. The molecule has 0 aromatic carbocycles. The van der Waals surface area contributed by atoms with E-state index in [1.807, 2.05) is 0 Å². The second-order valence-corrected chi connectivity index (χ2v) is 2.58. The van der Waals surface area contributed by atoms with Crippen LogP contribution in [0.2, 0.25) is 0 Å². The summed E-state index contributed by atoms with van der Waals surface area (Å²) < 4.78 is 4.65. The Morgan fingerprint density at radius 1 is 1.46 bits per heavy atom. The van der Waals surface area contributed by atoms with Gasteiger partial charge in [0.05, 0.1) is 5.69 Å². The van der Waals surface area contributed by atoms with E-state index >= 15 is 0 Å². The van der Waals surface area contributed by atoms with Crippen LogP contribution >= 0.6 is 0 Å². The number of hydrogen-bond donors (Lipinski definition) is 1. The van der Waals surface area contributed by atoms with Crippen molar-refractivity contribution >= 4 is 0 Å². The summed E-state index contributed by atoms with van der Waals surface area (Å²) in [6.45, 7) is 0. The summed E-state index contributed by atoms with van der Waals surface area (Å²) in [5, 5.41) is 9.65. The van der Waals surface area contributed by atoms with Gasteiger partial charge in [-0.2, -0.15) is 5.10 Å². The molecule has 0 fully saturated rings. The highest BCUT2D eigenvalue weighted by atomic mass is 16.5. The number of hydrogen-bond acceptors (Lipinski definition) is 4. The molecule has 0 bridgehead atoms. The molecule has 0 spiro atoms. The smallest absolute Gasteiger partial charge is 0.267 e. The molecule has 0 aliphatic rings. The lowest BCUT2D eigenvalue weighted by atomic mass is 10.2. The first-order valence-electron chi connectivity index (χ1n) is 3.78. The summed E-state index contributed by atoms with van der Waals surface area (Å²) >= 11 is 0. The van der Waals surface area contributed by atoms with Crippen molar-refractivity contribution in [3.05, 3.63) is 46.2 Å². The molecule has 0 saturated carbocycles.